The van der Waals surface area contributed by atoms with Gasteiger partial charge in [-0.05, 0) is 38.3 Å². The van der Waals surface area contributed by atoms with Crippen molar-refractivity contribution in [1.29, 1.82) is 0 Å². The molecule has 26 heavy (non-hydrogen) atoms. The average molecular weight is 376 g/mol. The number of aryl methyl sites for hydroxylation is 1. The Morgan fingerprint density at radius 2 is 2.04 bits per heavy atom. The van der Waals surface area contributed by atoms with E-state index in [0.717, 1.165) is 22.9 Å². The molecular formula is C20H29N3O2S. The van der Waals surface area contributed by atoms with Crippen LogP contribution in [0.5, 0.6) is 5.75 Å². The lowest BCUT2D eigenvalue weighted by Gasteiger charge is -2.31. The van der Waals surface area contributed by atoms with E-state index in [0.29, 0.717) is 19.1 Å². The minimum atomic E-state index is -0.376. The van der Waals surface area contributed by atoms with E-state index >= 15 is 0 Å². The number of hydrogen-bond acceptors (Lipinski definition) is 5. The number of nitrogens with two attached hydrogens (primary N) is 1. The molecule has 1 amide bonds. The predicted molar refractivity (Wildman–Crippen MR) is 106 cm³/mol. The first-order valence-corrected chi connectivity index (χ1v) is 9.81. The van der Waals surface area contributed by atoms with Crippen LogP contribution in [0.4, 0.5) is 0 Å². The van der Waals surface area contributed by atoms with Gasteiger partial charge >= 0.3 is 0 Å². The van der Waals surface area contributed by atoms with Crippen LogP contribution in [0, 0.1) is 12.8 Å². The van der Waals surface area contributed by atoms with E-state index < -0.39 is 0 Å². The van der Waals surface area contributed by atoms with Crippen molar-refractivity contribution in [3.8, 4) is 5.75 Å². The molecule has 0 saturated heterocycles. The number of hydrogen-bond donors (Lipinski definition) is 2. The van der Waals surface area contributed by atoms with Gasteiger partial charge in [0.25, 0.3) is 0 Å². The van der Waals surface area contributed by atoms with Gasteiger partial charge in [-0.1, -0.05) is 31.5 Å². The van der Waals surface area contributed by atoms with Crippen molar-refractivity contribution in [3.05, 3.63) is 45.9 Å². The lowest BCUT2D eigenvalue weighted by molar-refractivity contribution is -0.122. The Labute approximate surface area is 160 Å². The summed E-state index contributed by atoms with van der Waals surface area (Å²) in [6.07, 6.45) is 1.11. The largest absolute Gasteiger partial charge is 0.486 e. The highest BCUT2D eigenvalue weighted by Crippen LogP contribution is 2.18. The number of aromatic nitrogens is 1. The number of benzene rings is 1. The molecule has 2 rings (SSSR count). The van der Waals surface area contributed by atoms with Gasteiger partial charge in [-0.3, -0.25) is 4.79 Å². The van der Waals surface area contributed by atoms with Gasteiger partial charge in [-0.15, -0.1) is 11.3 Å². The van der Waals surface area contributed by atoms with Crippen LogP contribution < -0.4 is 15.8 Å². The van der Waals surface area contributed by atoms with Crippen molar-refractivity contribution in [2.75, 3.05) is 6.54 Å². The highest BCUT2D eigenvalue weighted by molar-refractivity contribution is 7.09. The van der Waals surface area contributed by atoms with Crippen LogP contribution >= 0.6 is 11.3 Å². The number of thiazole rings is 1. The van der Waals surface area contributed by atoms with Gasteiger partial charge in [0.1, 0.15) is 17.4 Å². The molecule has 2 aromatic rings. The smallest absolute Gasteiger partial charge is 0.226 e. The number of nitrogens with zero attached hydrogens (tertiary/aromatic N) is 1. The SMILES string of the molecule is Cc1ccc(OCc2nc(CC(=O)NC(C)(CN)CC(C)C)cs2)cc1. The predicted octanol–water partition coefficient (Wildman–Crippen LogP) is 3.45. The first-order valence-electron chi connectivity index (χ1n) is 8.93. The summed E-state index contributed by atoms with van der Waals surface area (Å²) in [5.41, 5.74) is 7.44. The van der Waals surface area contributed by atoms with E-state index in [2.05, 4.69) is 24.1 Å². The van der Waals surface area contributed by atoms with Gasteiger partial charge in [0.15, 0.2) is 0 Å². The van der Waals surface area contributed by atoms with Gasteiger partial charge in [0, 0.05) is 17.5 Å². The molecule has 1 aromatic carbocycles. The molecule has 1 atom stereocenters. The lowest BCUT2D eigenvalue weighted by atomic mass is 9.90. The quantitative estimate of drug-likeness (QED) is 0.704. The first kappa shape index (κ1) is 20.4. The normalized spacial score (nSPS) is 13.5. The molecule has 0 aliphatic carbocycles. The zero-order valence-corrected chi connectivity index (χ0v) is 16.9. The monoisotopic (exact) mass is 375 g/mol. The van der Waals surface area contributed by atoms with Gasteiger partial charge in [0.2, 0.25) is 5.91 Å². The molecule has 3 N–H and O–H groups in total. The Morgan fingerprint density at radius 3 is 2.65 bits per heavy atom. The molecule has 0 spiro atoms. The van der Waals surface area contributed by atoms with Crippen LogP contribution in [0.25, 0.3) is 0 Å². The molecule has 1 aromatic heterocycles. The Kier molecular flexibility index (Phi) is 7.17. The number of amides is 1. The summed E-state index contributed by atoms with van der Waals surface area (Å²) in [4.78, 5) is 16.9. The summed E-state index contributed by atoms with van der Waals surface area (Å²) < 4.78 is 5.74. The fraction of sp³-hybridized carbons (Fsp3) is 0.500. The van der Waals surface area contributed by atoms with Gasteiger partial charge in [0.05, 0.1) is 12.1 Å². The molecule has 142 valence electrons. The van der Waals surface area contributed by atoms with Crippen LogP contribution in [-0.4, -0.2) is 23.0 Å². The third-order valence-electron chi connectivity index (χ3n) is 4.07. The molecule has 0 aliphatic heterocycles. The van der Waals surface area contributed by atoms with Gasteiger partial charge < -0.3 is 15.8 Å². The molecule has 0 saturated carbocycles. The van der Waals surface area contributed by atoms with Crippen molar-refractivity contribution in [2.45, 2.75) is 52.7 Å². The zero-order chi connectivity index (χ0) is 19.2. The number of carbonyl (C=O) groups excluding carboxylic acids is 1. The molecule has 0 fully saturated rings. The molecule has 1 unspecified atom stereocenters. The van der Waals surface area contributed by atoms with Crippen LogP contribution in [0.15, 0.2) is 29.6 Å². The lowest BCUT2D eigenvalue weighted by Crippen LogP contribution is -2.52. The highest BCUT2D eigenvalue weighted by Gasteiger charge is 2.26. The van der Waals surface area contributed by atoms with E-state index in [1.807, 2.05) is 43.5 Å². The fourth-order valence-electron chi connectivity index (χ4n) is 2.91. The maximum Gasteiger partial charge on any atom is 0.226 e. The van der Waals surface area contributed by atoms with Crippen molar-refractivity contribution in [1.82, 2.24) is 10.3 Å². The number of rotatable bonds is 9. The Balaban J connectivity index is 1.86. The van der Waals surface area contributed by atoms with Crippen molar-refractivity contribution in [2.24, 2.45) is 11.7 Å². The van der Waals surface area contributed by atoms with Crippen LogP contribution in [-0.2, 0) is 17.8 Å². The summed E-state index contributed by atoms with van der Waals surface area (Å²) in [5.74, 6) is 1.24. The second kappa shape index (κ2) is 9.14. The van der Waals surface area contributed by atoms with Crippen LogP contribution in [0.2, 0.25) is 0 Å². The van der Waals surface area contributed by atoms with Crippen molar-refractivity contribution >= 4 is 17.2 Å². The van der Waals surface area contributed by atoms with Crippen LogP contribution in [0.1, 0.15) is 43.5 Å². The zero-order valence-electron chi connectivity index (χ0n) is 16.0. The number of ether oxygens (including phenoxy) is 1. The van der Waals surface area contributed by atoms with E-state index in [4.69, 9.17) is 10.5 Å². The Bertz CT molecular complexity index is 712. The van der Waals surface area contributed by atoms with Gasteiger partial charge in [-0.2, -0.15) is 0 Å². The average Bonchev–Trinajstić information content (AvgIpc) is 3.00. The van der Waals surface area contributed by atoms with E-state index in [1.54, 1.807) is 0 Å². The number of carbonyl (C=O) groups is 1. The van der Waals surface area contributed by atoms with E-state index in [9.17, 15) is 4.79 Å². The molecule has 1 heterocycles. The topological polar surface area (TPSA) is 77.2 Å². The minimum absolute atomic E-state index is 0.0464. The number of nitrogens with one attached hydrogen (secondary N) is 1. The summed E-state index contributed by atoms with van der Waals surface area (Å²) in [5, 5.41) is 5.84. The maximum atomic E-state index is 12.4. The summed E-state index contributed by atoms with van der Waals surface area (Å²) in [7, 11) is 0. The standard InChI is InChI=1S/C20H29N3O2S/c1-14(2)10-20(4,13-21)23-18(24)9-16-12-26-19(22-16)11-25-17-7-5-15(3)6-8-17/h5-8,12,14H,9-11,13,21H2,1-4H3,(H,23,24). The highest BCUT2D eigenvalue weighted by atomic mass is 32.1. The molecule has 6 heteroatoms. The molecule has 5 nitrogen and oxygen atoms in total. The molecule has 0 radical (unpaired) electrons. The first-order chi connectivity index (χ1) is 12.3. The molecule has 0 bridgehead atoms. The van der Waals surface area contributed by atoms with Crippen molar-refractivity contribution < 1.29 is 9.53 Å². The fourth-order valence-corrected chi connectivity index (χ4v) is 3.61. The molecule has 0 aliphatic rings. The van der Waals surface area contributed by atoms with Crippen molar-refractivity contribution in [3.63, 3.8) is 0 Å². The van der Waals surface area contributed by atoms with Gasteiger partial charge in [-0.25, -0.2) is 4.98 Å². The summed E-state index contributed by atoms with van der Waals surface area (Å²) >= 11 is 1.51. The Hall–Kier alpha value is -1.92. The third kappa shape index (κ3) is 6.42. The van der Waals surface area contributed by atoms with E-state index in [-0.39, 0.29) is 17.9 Å². The van der Waals surface area contributed by atoms with Crippen LogP contribution in [0.3, 0.4) is 0 Å². The maximum absolute atomic E-state index is 12.4. The van der Waals surface area contributed by atoms with E-state index in [1.165, 1.54) is 16.9 Å². The molecular weight excluding hydrogens is 346 g/mol. The second-order valence-electron chi connectivity index (χ2n) is 7.42. The third-order valence-corrected chi connectivity index (χ3v) is 4.95. The Morgan fingerprint density at radius 1 is 1.35 bits per heavy atom. The second-order valence-corrected chi connectivity index (χ2v) is 8.36. The summed E-state index contributed by atoms with van der Waals surface area (Å²) in [6.45, 7) is 9.11. The summed E-state index contributed by atoms with van der Waals surface area (Å²) in [6, 6.07) is 7.91. The minimum Gasteiger partial charge on any atom is -0.486 e.